The molecule has 0 unspecified atom stereocenters. The minimum absolute atomic E-state index is 0.211. The molecule has 0 amide bonds. The Labute approximate surface area is 198 Å². The molecule has 31 heavy (non-hydrogen) atoms. The highest BCUT2D eigenvalue weighted by atomic mass is 79.9. The summed E-state index contributed by atoms with van der Waals surface area (Å²) < 4.78 is 22.8. The molecule has 0 saturated carbocycles. The Morgan fingerprint density at radius 2 is 1.84 bits per heavy atom. The number of rotatable bonds is 10. The van der Waals surface area contributed by atoms with Crippen molar-refractivity contribution < 1.29 is 13.9 Å². The minimum Gasteiger partial charge on any atom is -0.490 e. The number of carbonyl (C=O) groups is 1. The second kappa shape index (κ2) is 10.7. The Balaban J connectivity index is 1.92. The van der Waals surface area contributed by atoms with E-state index in [1.165, 1.54) is 12.3 Å². The Morgan fingerprint density at radius 1 is 1.16 bits per heavy atom. The normalized spacial score (nSPS) is 11.5. The van der Waals surface area contributed by atoms with Crippen LogP contribution < -0.4 is 4.74 Å². The van der Waals surface area contributed by atoms with E-state index in [1.807, 2.05) is 6.92 Å². The van der Waals surface area contributed by atoms with Gasteiger partial charge in [-0.05, 0) is 75.6 Å². The predicted molar refractivity (Wildman–Crippen MR) is 128 cm³/mol. The Hall–Kier alpha value is -1.77. The number of likely N-dealkylation sites (N-methyl/N-ethyl adjacent to an activating group) is 1. The van der Waals surface area contributed by atoms with Gasteiger partial charge in [0.25, 0.3) is 0 Å². The average molecular weight is 555 g/mol. The van der Waals surface area contributed by atoms with Gasteiger partial charge in [0.1, 0.15) is 29.5 Å². The molecule has 0 aliphatic rings. The summed E-state index contributed by atoms with van der Waals surface area (Å²) in [5.41, 5.74) is 2.09. The Bertz CT molecular complexity index is 1060. The molecule has 3 rings (SSSR count). The van der Waals surface area contributed by atoms with Crippen molar-refractivity contribution in [2.75, 3.05) is 26.2 Å². The molecule has 0 spiro atoms. The number of ether oxygens (including phenoxy) is 1. The highest BCUT2D eigenvalue weighted by Crippen LogP contribution is 2.35. The van der Waals surface area contributed by atoms with Crippen molar-refractivity contribution in [1.29, 1.82) is 0 Å². The van der Waals surface area contributed by atoms with Crippen LogP contribution in [-0.4, -0.2) is 46.3 Å². The van der Waals surface area contributed by atoms with Crippen molar-refractivity contribution in [3.63, 3.8) is 0 Å². The zero-order chi connectivity index (χ0) is 22.5. The summed E-state index contributed by atoms with van der Waals surface area (Å²) in [6.07, 6.45) is 2.78. The molecular weight excluding hydrogens is 529 g/mol. The number of hydrogen-bond donors (Lipinski definition) is 0. The molecule has 3 aromatic rings. The second-order valence-corrected chi connectivity index (χ2v) is 8.91. The smallest absolute Gasteiger partial charge is 0.211 e. The lowest BCUT2D eigenvalue weighted by atomic mass is 10.0. The van der Waals surface area contributed by atoms with Crippen molar-refractivity contribution in [2.45, 2.75) is 33.6 Å². The highest BCUT2D eigenvalue weighted by molar-refractivity contribution is 9.11. The molecule has 166 valence electrons. The standard InChI is InChI=1S/C23H26Br2FN3O2/c1-4-7-19-21(29-14-16(26)8-9-20(29)27-19)22(30)15-12-17(24)23(18(25)13-15)31-11-10-28(5-2)6-3/h8-9,12-14H,4-7,10-11H2,1-3H3. The van der Waals surface area contributed by atoms with E-state index in [0.717, 1.165) is 26.1 Å². The van der Waals surface area contributed by atoms with Crippen LogP contribution in [0.4, 0.5) is 4.39 Å². The third-order valence-electron chi connectivity index (χ3n) is 5.17. The van der Waals surface area contributed by atoms with E-state index < -0.39 is 5.82 Å². The highest BCUT2D eigenvalue weighted by Gasteiger charge is 2.22. The summed E-state index contributed by atoms with van der Waals surface area (Å²) in [6.45, 7) is 9.56. The van der Waals surface area contributed by atoms with Crippen LogP contribution >= 0.6 is 31.9 Å². The third-order valence-corrected chi connectivity index (χ3v) is 6.34. The molecule has 0 atom stereocenters. The van der Waals surface area contributed by atoms with Gasteiger partial charge < -0.3 is 9.64 Å². The lowest BCUT2D eigenvalue weighted by Crippen LogP contribution is -2.28. The molecule has 0 saturated heterocycles. The van der Waals surface area contributed by atoms with Gasteiger partial charge in [0.15, 0.2) is 0 Å². The largest absolute Gasteiger partial charge is 0.490 e. The molecule has 8 heteroatoms. The van der Waals surface area contributed by atoms with Crippen molar-refractivity contribution in [3.8, 4) is 5.75 Å². The Morgan fingerprint density at radius 3 is 2.45 bits per heavy atom. The van der Waals surface area contributed by atoms with Crippen molar-refractivity contribution >= 4 is 43.3 Å². The van der Waals surface area contributed by atoms with Crippen molar-refractivity contribution in [1.82, 2.24) is 14.3 Å². The number of imidazole rings is 1. The molecule has 0 fully saturated rings. The number of ketones is 1. The van der Waals surface area contributed by atoms with E-state index in [0.29, 0.717) is 50.3 Å². The van der Waals surface area contributed by atoms with Gasteiger partial charge in [-0.15, -0.1) is 0 Å². The summed E-state index contributed by atoms with van der Waals surface area (Å²) in [6, 6.07) is 6.43. The molecule has 2 aromatic heterocycles. The van der Waals surface area contributed by atoms with Crippen LogP contribution in [0.25, 0.3) is 5.65 Å². The summed E-state index contributed by atoms with van der Waals surface area (Å²) in [4.78, 5) is 20.3. The molecule has 2 heterocycles. The topological polar surface area (TPSA) is 46.8 Å². The molecule has 5 nitrogen and oxygen atoms in total. The van der Waals surface area contributed by atoms with Crippen LogP contribution in [0, 0.1) is 5.82 Å². The van der Waals surface area contributed by atoms with E-state index in [1.54, 1.807) is 22.6 Å². The first-order valence-electron chi connectivity index (χ1n) is 10.4. The van der Waals surface area contributed by atoms with Gasteiger partial charge in [0, 0.05) is 18.3 Å². The van der Waals surface area contributed by atoms with Crippen molar-refractivity contribution in [3.05, 3.63) is 62.2 Å². The van der Waals surface area contributed by atoms with E-state index in [9.17, 15) is 9.18 Å². The molecule has 1 aromatic carbocycles. The van der Waals surface area contributed by atoms with Gasteiger partial charge in [-0.2, -0.15) is 0 Å². The van der Waals surface area contributed by atoms with Crippen LogP contribution in [0.3, 0.4) is 0 Å². The van der Waals surface area contributed by atoms with Gasteiger partial charge in [0.05, 0.1) is 14.6 Å². The molecule has 0 radical (unpaired) electrons. The monoisotopic (exact) mass is 553 g/mol. The number of carbonyl (C=O) groups excluding carboxylic acids is 1. The first kappa shape index (κ1) is 23.9. The van der Waals surface area contributed by atoms with Crippen molar-refractivity contribution in [2.24, 2.45) is 0 Å². The fourth-order valence-electron chi connectivity index (χ4n) is 3.50. The van der Waals surface area contributed by atoms with Crippen LogP contribution in [-0.2, 0) is 6.42 Å². The summed E-state index contributed by atoms with van der Waals surface area (Å²) in [5.74, 6) is 0.0284. The van der Waals surface area contributed by atoms with E-state index in [-0.39, 0.29) is 5.78 Å². The number of nitrogens with zero attached hydrogens (tertiary/aromatic N) is 3. The number of aryl methyl sites for hydroxylation is 1. The maximum atomic E-state index is 13.9. The number of pyridine rings is 1. The van der Waals surface area contributed by atoms with Crippen LogP contribution in [0.5, 0.6) is 5.75 Å². The predicted octanol–water partition coefficient (Wildman–Crippen LogP) is 5.90. The van der Waals surface area contributed by atoms with Gasteiger partial charge in [-0.3, -0.25) is 9.20 Å². The zero-order valence-electron chi connectivity index (χ0n) is 17.9. The van der Waals surface area contributed by atoms with Crippen LogP contribution in [0.15, 0.2) is 39.4 Å². The fourth-order valence-corrected chi connectivity index (χ4v) is 4.92. The van der Waals surface area contributed by atoms with E-state index in [2.05, 4.69) is 55.6 Å². The summed E-state index contributed by atoms with van der Waals surface area (Å²) in [7, 11) is 0. The molecule has 0 bridgehead atoms. The van der Waals surface area contributed by atoms with Gasteiger partial charge in [0.2, 0.25) is 5.78 Å². The average Bonchev–Trinajstić information content (AvgIpc) is 3.09. The lowest BCUT2D eigenvalue weighted by molar-refractivity contribution is 0.103. The maximum Gasteiger partial charge on any atom is 0.211 e. The van der Waals surface area contributed by atoms with E-state index >= 15 is 0 Å². The first-order valence-corrected chi connectivity index (χ1v) is 12.0. The van der Waals surface area contributed by atoms with E-state index in [4.69, 9.17) is 4.74 Å². The molecule has 0 N–H and O–H groups in total. The maximum absolute atomic E-state index is 13.9. The first-order chi connectivity index (χ1) is 14.9. The number of hydrogen-bond acceptors (Lipinski definition) is 4. The molecular formula is C23H26Br2FN3O2. The molecule has 0 aliphatic carbocycles. The summed E-state index contributed by atoms with van der Waals surface area (Å²) in [5, 5.41) is 0. The summed E-state index contributed by atoms with van der Waals surface area (Å²) >= 11 is 7.08. The van der Waals surface area contributed by atoms with Gasteiger partial charge in [-0.25, -0.2) is 9.37 Å². The van der Waals surface area contributed by atoms with Crippen LogP contribution in [0.2, 0.25) is 0 Å². The zero-order valence-corrected chi connectivity index (χ0v) is 21.1. The number of fused-ring (bicyclic) bond motifs is 1. The lowest BCUT2D eigenvalue weighted by Gasteiger charge is -2.19. The van der Waals surface area contributed by atoms with Crippen LogP contribution in [0.1, 0.15) is 48.9 Å². The second-order valence-electron chi connectivity index (χ2n) is 7.21. The number of aromatic nitrogens is 2. The SMILES string of the molecule is CCCc1nc2ccc(F)cn2c1C(=O)c1cc(Br)c(OCCN(CC)CC)c(Br)c1. The fraction of sp³-hybridized carbons (Fsp3) is 0.391. The van der Waals surface area contributed by atoms with Gasteiger partial charge in [-0.1, -0.05) is 27.2 Å². The Kier molecular flexibility index (Phi) is 8.24. The number of halogens is 3. The molecule has 0 aliphatic heterocycles. The van der Waals surface area contributed by atoms with Gasteiger partial charge >= 0.3 is 0 Å². The minimum atomic E-state index is -0.415. The number of benzene rings is 1. The quantitative estimate of drug-likeness (QED) is 0.293. The third kappa shape index (κ3) is 5.35.